The van der Waals surface area contributed by atoms with E-state index < -0.39 is 0 Å². The van der Waals surface area contributed by atoms with Crippen LogP contribution in [-0.4, -0.2) is 7.11 Å². The second-order valence-electron chi connectivity index (χ2n) is 12.4. The number of hydrogen-bond acceptors (Lipinski definition) is 3. The van der Waals surface area contributed by atoms with Crippen molar-refractivity contribution in [2.45, 2.75) is 13.8 Å². The minimum absolute atomic E-state index is 0.817. The van der Waals surface area contributed by atoms with Gasteiger partial charge in [0.2, 0.25) is 0 Å². The second kappa shape index (κ2) is 14.8. The molecule has 0 atom stereocenters. The number of aryl methyl sites for hydroxylation is 2. The summed E-state index contributed by atoms with van der Waals surface area (Å²) < 4.78 is 5.89. The van der Waals surface area contributed by atoms with Crippen LogP contribution in [0, 0.1) is 13.8 Å². The van der Waals surface area contributed by atoms with Crippen LogP contribution in [0.3, 0.4) is 0 Å². The molecule has 0 bridgehead atoms. The molecular weight excluding hydrogens is 609 g/mol. The predicted octanol–water partition coefficient (Wildman–Crippen LogP) is 13.1. The SMILES string of the molecule is COc1cc(N(c2ccccc2)c2ccccc2)ccc1/C=C/c1ccc(-c2ccc(N(c3ccc(C)cc3)c3ccc(C)cc3)cc2)cc1. The maximum atomic E-state index is 5.89. The first-order valence-corrected chi connectivity index (χ1v) is 17.0. The Labute approximate surface area is 296 Å². The average Bonchev–Trinajstić information content (AvgIpc) is 3.17. The van der Waals surface area contributed by atoms with Crippen LogP contribution in [-0.2, 0) is 0 Å². The van der Waals surface area contributed by atoms with Gasteiger partial charge in [0.05, 0.1) is 7.11 Å². The van der Waals surface area contributed by atoms with Gasteiger partial charge in [-0.25, -0.2) is 0 Å². The highest BCUT2D eigenvalue weighted by Crippen LogP contribution is 2.38. The molecule has 0 amide bonds. The Morgan fingerprint density at radius 1 is 0.400 bits per heavy atom. The highest BCUT2D eigenvalue weighted by Gasteiger charge is 2.15. The molecule has 7 aromatic carbocycles. The number of methoxy groups -OCH3 is 1. The van der Waals surface area contributed by atoms with Crippen LogP contribution in [0.25, 0.3) is 23.3 Å². The summed E-state index contributed by atoms with van der Waals surface area (Å²) in [6.45, 7) is 4.24. The Hall–Kier alpha value is -6.32. The zero-order chi connectivity index (χ0) is 34.3. The van der Waals surface area contributed by atoms with E-state index in [0.717, 1.165) is 51.0 Å². The lowest BCUT2D eigenvalue weighted by atomic mass is 10.0. The van der Waals surface area contributed by atoms with Gasteiger partial charge < -0.3 is 14.5 Å². The minimum atomic E-state index is 0.817. The lowest BCUT2D eigenvalue weighted by Crippen LogP contribution is -2.10. The molecule has 0 saturated carbocycles. The monoisotopic (exact) mass is 648 g/mol. The number of anilines is 6. The Bertz CT molecular complexity index is 2090. The van der Waals surface area contributed by atoms with Gasteiger partial charge in [-0.2, -0.15) is 0 Å². The molecular formula is C47H40N2O. The zero-order valence-electron chi connectivity index (χ0n) is 28.7. The van der Waals surface area contributed by atoms with Crippen LogP contribution < -0.4 is 14.5 Å². The van der Waals surface area contributed by atoms with Crippen molar-refractivity contribution in [2.75, 3.05) is 16.9 Å². The van der Waals surface area contributed by atoms with Gasteiger partial charge in [0.25, 0.3) is 0 Å². The van der Waals surface area contributed by atoms with E-state index in [-0.39, 0.29) is 0 Å². The van der Waals surface area contributed by atoms with E-state index in [1.807, 2.05) is 12.1 Å². The van der Waals surface area contributed by atoms with Crippen LogP contribution in [0.4, 0.5) is 34.1 Å². The Kier molecular flexibility index (Phi) is 9.57. The summed E-state index contributed by atoms with van der Waals surface area (Å²) in [5.74, 6) is 0.817. The molecule has 0 aliphatic heterocycles. The van der Waals surface area contributed by atoms with Gasteiger partial charge in [-0.1, -0.05) is 120 Å². The molecule has 0 spiro atoms. The standard InChI is InChI=1S/C47H40N2O/c1-35-14-27-43(28-15-35)48(44-29-16-36(2)17-30-44)45-31-24-39(25-32-45)38-21-18-37(19-22-38)20-23-40-26-33-46(34-47(40)50-3)49(41-10-6-4-7-11-41)42-12-8-5-9-13-42/h4-34H,1-3H3/b23-20+. The smallest absolute Gasteiger partial charge is 0.128 e. The summed E-state index contributed by atoms with van der Waals surface area (Å²) >= 11 is 0. The van der Waals surface area contributed by atoms with Crippen molar-refractivity contribution in [3.8, 4) is 16.9 Å². The van der Waals surface area contributed by atoms with E-state index >= 15 is 0 Å². The summed E-state index contributed by atoms with van der Waals surface area (Å²) in [5, 5.41) is 0. The maximum Gasteiger partial charge on any atom is 0.128 e. The van der Waals surface area contributed by atoms with Crippen LogP contribution in [0.15, 0.2) is 176 Å². The molecule has 3 heteroatoms. The average molecular weight is 649 g/mol. The van der Waals surface area contributed by atoms with E-state index in [1.54, 1.807) is 7.11 Å². The van der Waals surface area contributed by atoms with Gasteiger partial charge in [0.15, 0.2) is 0 Å². The fourth-order valence-electron chi connectivity index (χ4n) is 6.19. The van der Waals surface area contributed by atoms with Crippen molar-refractivity contribution < 1.29 is 4.74 Å². The molecule has 7 aromatic rings. The first-order valence-electron chi connectivity index (χ1n) is 17.0. The van der Waals surface area contributed by atoms with E-state index in [2.05, 4.69) is 200 Å². The number of hydrogen-bond donors (Lipinski definition) is 0. The summed E-state index contributed by atoms with van der Waals surface area (Å²) in [6, 6.07) is 62.1. The molecule has 0 aliphatic carbocycles. The van der Waals surface area contributed by atoms with Crippen molar-refractivity contribution in [3.05, 3.63) is 198 Å². The van der Waals surface area contributed by atoms with Gasteiger partial charge >= 0.3 is 0 Å². The van der Waals surface area contributed by atoms with Crippen molar-refractivity contribution in [3.63, 3.8) is 0 Å². The van der Waals surface area contributed by atoms with E-state index in [4.69, 9.17) is 4.74 Å². The van der Waals surface area contributed by atoms with E-state index in [9.17, 15) is 0 Å². The first-order chi connectivity index (χ1) is 24.6. The third kappa shape index (κ3) is 7.23. The Morgan fingerprint density at radius 2 is 0.800 bits per heavy atom. The number of rotatable bonds is 10. The third-order valence-corrected chi connectivity index (χ3v) is 8.91. The molecule has 0 heterocycles. The van der Waals surface area contributed by atoms with Crippen LogP contribution in [0.1, 0.15) is 22.3 Å². The van der Waals surface area contributed by atoms with Gasteiger partial charge in [0, 0.05) is 45.8 Å². The highest BCUT2D eigenvalue weighted by molar-refractivity contribution is 5.82. The fourth-order valence-corrected chi connectivity index (χ4v) is 6.19. The molecule has 0 radical (unpaired) electrons. The normalized spacial score (nSPS) is 11.0. The quantitative estimate of drug-likeness (QED) is 0.137. The lowest BCUT2D eigenvalue weighted by Gasteiger charge is -2.26. The number of ether oxygens (including phenoxy) is 1. The van der Waals surface area contributed by atoms with Crippen molar-refractivity contribution in [2.24, 2.45) is 0 Å². The predicted molar refractivity (Wildman–Crippen MR) is 213 cm³/mol. The molecule has 0 aromatic heterocycles. The summed E-state index contributed by atoms with van der Waals surface area (Å²) in [4.78, 5) is 4.54. The number of nitrogens with zero attached hydrogens (tertiary/aromatic N) is 2. The number of benzene rings is 7. The third-order valence-electron chi connectivity index (χ3n) is 8.91. The second-order valence-corrected chi connectivity index (χ2v) is 12.4. The molecule has 0 saturated heterocycles. The van der Waals surface area contributed by atoms with E-state index in [0.29, 0.717) is 0 Å². The number of para-hydroxylation sites is 2. The molecule has 3 nitrogen and oxygen atoms in total. The van der Waals surface area contributed by atoms with Gasteiger partial charge in [-0.3, -0.25) is 0 Å². The van der Waals surface area contributed by atoms with Gasteiger partial charge in [-0.05, 0) is 103 Å². The molecule has 244 valence electrons. The summed E-state index contributed by atoms with van der Waals surface area (Å²) in [7, 11) is 1.73. The summed E-state index contributed by atoms with van der Waals surface area (Å²) in [5.41, 5.74) is 13.6. The molecule has 0 unspecified atom stereocenters. The maximum absolute atomic E-state index is 5.89. The molecule has 50 heavy (non-hydrogen) atoms. The van der Waals surface area contributed by atoms with Crippen molar-refractivity contribution >= 4 is 46.3 Å². The topological polar surface area (TPSA) is 15.7 Å². The van der Waals surface area contributed by atoms with Gasteiger partial charge in [0.1, 0.15) is 5.75 Å². The van der Waals surface area contributed by atoms with E-state index in [1.165, 1.54) is 22.3 Å². The summed E-state index contributed by atoms with van der Waals surface area (Å²) in [6.07, 6.45) is 4.25. The van der Waals surface area contributed by atoms with Crippen molar-refractivity contribution in [1.82, 2.24) is 0 Å². The zero-order valence-corrected chi connectivity index (χ0v) is 28.7. The first kappa shape index (κ1) is 32.2. The largest absolute Gasteiger partial charge is 0.496 e. The van der Waals surface area contributed by atoms with Crippen LogP contribution >= 0.6 is 0 Å². The Balaban J connectivity index is 1.10. The minimum Gasteiger partial charge on any atom is -0.496 e. The lowest BCUT2D eigenvalue weighted by molar-refractivity contribution is 0.414. The van der Waals surface area contributed by atoms with Gasteiger partial charge in [-0.15, -0.1) is 0 Å². The molecule has 0 N–H and O–H groups in total. The fraction of sp³-hybridized carbons (Fsp3) is 0.0638. The molecule has 7 rings (SSSR count). The molecule has 0 fully saturated rings. The highest BCUT2D eigenvalue weighted by atomic mass is 16.5. The van der Waals surface area contributed by atoms with Crippen molar-refractivity contribution in [1.29, 1.82) is 0 Å². The molecule has 0 aliphatic rings. The van der Waals surface area contributed by atoms with Crippen LogP contribution in [0.5, 0.6) is 5.75 Å². The Morgan fingerprint density at radius 3 is 1.28 bits per heavy atom. The van der Waals surface area contributed by atoms with Crippen LogP contribution in [0.2, 0.25) is 0 Å².